The van der Waals surface area contributed by atoms with Crippen molar-refractivity contribution in [1.82, 2.24) is 0 Å². The Morgan fingerprint density at radius 1 is 0.442 bits per heavy atom. The van der Waals surface area contributed by atoms with Crippen LogP contribution in [-0.4, -0.2) is 18.4 Å². The summed E-state index contributed by atoms with van der Waals surface area (Å²) in [6, 6.07) is 25.9. The summed E-state index contributed by atoms with van der Waals surface area (Å²) in [7, 11) is 0. The molecule has 0 atom stereocenters. The first kappa shape index (κ1) is 28.7. The molecule has 224 valence electrons. The van der Waals surface area contributed by atoms with E-state index in [1.807, 2.05) is 0 Å². The van der Waals surface area contributed by atoms with E-state index in [-0.39, 0.29) is 0 Å². The van der Waals surface area contributed by atoms with Crippen LogP contribution >= 0.6 is 0 Å². The number of hydrogen-bond donors (Lipinski definition) is 0. The second-order valence-electron chi connectivity index (χ2n) is 15.0. The summed E-state index contributed by atoms with van der Waals surface area (Å²) >= 11 is -2.39. The van der Waals surface area contributed by atoms with Crippen molar-refractivity contribution in [3.05, 3.63) is 72.3 Å². The van der Waals surface area contributed by atoms with Crippen molar-refractivity contribution in [3.63, 3.8) is 0 Å². The van der Waals surface area contributed by atoms with Crippen LogP contribution in [0.1, 0.15) is 115 Å². The third-order valence-electron chi connectivity index (χ3n) is 13.0. The Morgan fingerprint density at radius 2 is 0.907 bits per heavy atom. The van der Waals surface area contributed by atoms with E-state index in [1.54, 1.807) is 87.1 Å². The average molecular weight is 676 g/mol. The van der Waals surface area contributed by atoms with Gasteiger partial charge in [0.05, 0.1) is 0 Å². The van der Waals surface area contributed by atoms with Gasteiger partial charge in [0.1, 0.15) is 0 Å². The molecule has 8 rings (SSSR count). The molecular weight excluding hydrogens is 623 g/mol. The van der Waals surface area contributed by atoms with Crippen LogP contribution in [0.25, 0.3) is 43.1 Å². The van der Waals surface area contributed by atoms with E-state index in [9.17, 15) is 0 Å². The van der Waals surface area contributed by atoms with Gasteiger partial charge >= 0.3 is 266 Å². The average Bonchev–Trinajstić information content (AvgIpc) is 3.09. The molecular formula is C42H52Sn. The summed E-state index contributed by atoms with van der Waals surface area (Å²) in [5.41, 5.74) is 1.60. The summed E-state index contributed by atoms with van der Waals surface area (Å²) in [4.78, 5) is 0. The fourth-order valence-electron chi connectivity index (χ4n) is 11.2. The van der Waals surface area contributed by atoms with Crippen LogP contribution in [0.15, 0.2) is 66.7 Å². The van der Waals surface area contributed by atoms with Crippen molar-refractivity contribution in [1.29, 1.82) is 0 Å². The molecule has 3 fully saturated rings. The van der Waals surface area contributed by atoms with Crippen LogP contribution in [-0.2, 0) is 6.42 Å². The van der Waals surface area contributed by atoms with Crippen LogP contribution in [0.5, 0.6) is 0 Å². The molecule has 0 unspecified atom stereocenters. The van der Waals surface area contributed by atoms with Gasteiger partial charge in [0.2, 0.25) is 0 Å². The van der Waals surface area contributed by atoms with Crippen molar-refractivity contribution in [2.45, 2.75) is 132 Å². The summed E-state index contributed by atoms with van der Waals surface area (Å²) in [6.07, 6.45) is 27.9. The van der Waals surface area contributed by atoms with E-state index in [2.05, 4.69) is 66.7 Å². The molecule has 0 aromatic heterocycles. The zero-order chi connectivity index (χ0) is 28.6. The molecule has 5 aromatic carbocycles. The quantitative estimate of drug-likeness (QED) is 0.0665. The number of hydrogen-bond acceptors (Lipinski definition) is 0. The predicted octanol–water partition coefficient (Wildman–Crippen LogP) is 13.5. The number of fused-ring (bicyclic) bond motifs is 2. The zero-order valence-electron chi connectivity index (χ0n) is 26.5. The minimum absolute atomic E-state index is 1.22. The topological polar surface area (TPSA) is 0 Å². The first-order valence-electron chi connectivity index (χ1n) is 18.4. The van der Waals surface area contributed by atoms with Crippen LogP contribution < -0.4 is 0 Å². The molecule has 0 amide bonds. The second-order valence-corrected chi connectivity index (χ2v) is 29.8. The van der Waals surface area contributed by atoms with Crippen molar-refractivity contribution < 1.29 is 0 Å². The normalized spacial score (nSPS) is 20.2. The fraction of sp³-hybridized carbons (Fsp3) is 0.524. The number of rotatable bonds is 8. The van der Waals surface area contributed by atoms with Gasteiger partial charge in [0.15, 0.2) is 0 Å². The monoisotopic (exact) mass is 676 g/mol. The summed E-state index contributed by atoms with van der Waals surface area (Å²) in [5.74, 6) is 0. The van der Waals surface area contributed by atoms with E-state index in [1.165, 1.54) is 93.4 Å². The van der Waals surface area contributed by atoms with Crippen LogP contribution in [0.3, 0.4) is 0 Å². The van der Waals surface area contributed by atoms with E-state index in [0.29, 0.717) is 0 Å². The molecule has 1 heteroatoms. The van der Waals surface area contributed by atoms with Crippen molar-refractivity contribution in [2.75, 3.05) is 0 Å². The van der Waals surface area contributed by atoms with E-state index in [4.69, 9.17) is 0 Å². The Balaban J connectivity index is 1.10. The molecule has 0 saturated heterocycles. The molecule has 3 aliphatic rings. The third kappa shape index (κ3) is 5.10. The molecule has 3 aliphatic carbocycles. The SMILES string of the molecule is c1cc2cccc3c4ccc(CCC[CH2][Sn]([CH]5CCCCC5)([CH]5CCCCC5)[CH]5CCCCC5)c5cccc(c(c1)c23)c54. The van der Waals surface area contributed by atoms with Gasteiger partial charge < -0.3 is 0 Å². The van der Waals surface area contributed by atoms with Gasteiger partial charge in [-0.15, -0.1) is 0 Å². The molecule has 0 N–H and O–H groups in total. The Morgan fingerprint density at radius 3 is 1.47 bits per heavy atom. The Hall–Kier alpha value is -1.80. The molecule has 0 nitrogen and oxygen atoms in total. The van der Waals surface area contributed by atoms with Gasteiger partial charge in [-0.05, 0) is 0 Å². The second kappa shape index (κ2) is 12.5. The van der Waals surface area contributed by atoms with E-state index < -0.39 is 18.4 Å². The maximum atomic E-state index is 2.51. The van der Waals surface area contributed by atoms with Crippen LogP contribution in [0.4, 0.5) is 0 Å². The van der Waals surface area contributed by atoms with Gasteiger partial charge in [-0.25, -0.2) is 0 Å². The molecule has 0 bridgehead atoms. The van der Waals surface area contributed by atoms with Crippen LogP contribution in [0, 0.1) is 0 Å². The van der Waals surface area contributed by atoms with Gasteiger partial charge in [-0.2, -0.15) is 0 Å². The fourth-order valence-corrected chi connectivity index (χ4v) is 35.6. The van der Waals surface area contributed by atoms with Crippen molar-refractivity contribution in [3.8, 4) is 0 Å². The summed E-state index contributed by atoms with van der Waals surface area (Å²) in [6.45, 7) is 0. The van der Waals surface area contributed by atoms with Gasteiger partial charge in [-0.1, -0.05) is 0 Å². The Labute approximate surface area is 264 Å². The Bertz CT molecular complexity index is 1580. The molecule has 0 heterocycles. The van der Waals surface area contributed by atoms with E-state index >= 15 is 0 Å². The molecule has 0 aliphatic heterocycles. The first-order chi connectivity index (χ1) is 21.3. The van der Waals surface area contributed by atoms with Gasteiger partial charge in [0, 0.05) is 0 Å². The van der Waals surface area contributed by atoms with Crippen molar-refractivity contribution in [2.24, 2.45) is 0 Å². The maximum absolute atomic E-state index is 2.51. The summed E-state index contributed by atoms with van der Waals surface area (Å²) < 4.78 is 5.39. The number of aryl methyl sites for hydroxylation is 1. The molecule has 3 saturated carbocycles. The number of unbranched alkanes of at least 4 members (excludes halogenated alkanes) is 1. The molecule has 0 radical (unpaired) electrons. The molecule has 43 heavy (non-hydrogen) atoms. The predicted molar refractivity (Wildman–Crippen MR) is 192 cm³/mol. The standard InChI is InChI=1S/C24H19.3C6H11.Sn/c1-2-3-7-16-14-15-22-20-12-5-9-17-8-4-11-19(23(17)20)21-13-6-10-18(16)24(21)22;3*1-2-4-6-5-3-1;/h4-6,8-15H,1-3,7H2;3*1H,2-6H2;. The van der Waals surface area contributed by atoms with Crippen LogP contribution in [0.2, 0.25) is 16.2 Å². The van der Waals surface area contributed by atoms with Gasteiger partial charge in [-0.3, -0.25) is 0 Å². The third-order valence-corrected chi connectivity index (χ3v) is 34.5. The van der Waals surface area contributed by atoms with Crippen molar-refractivity contribution >= 4 is 61.5 Å². The molecule has 5 aromatic rings. The summed E-state index contributed by atoms with van der Waals surface area (Å²) in [5, 5.41) is 11.6. The number of benzene rings is 5. The molecule has 0 spiro atoms. The first-order valence-corrected chi connectivity index (χ1v) is 25.4. The minimum atomic E-state index is -2.39. The van der Waals surface area contributed by atoms with Gasteiger partial charge in [0.25, 0.3) is 0 Å². The Kier molecular flexibility index (Phi) is 8.35. The zero-order valence-corrected chi connectivity index (χ0v) is 29.4. The van der Waals surface area contributed by atoms with E-state index in [0.717, 1.165) is 0 Å².